The van der Waals surface area contributed by atoms with E-state index in [1.54, 1.807) is 56.5 Å². The van der Waals surface area contributed by atoms with E-state index in [1.165, 1.54) is 0 Å². The molecule has 0 atom stereocenters. The first kappa shape index (κ1) is 47.7. The monoisotopic (exact) mass is 1010 g/mol. The standard InChI is InChI=1S/C11H12N2O2.C9H8N2O2.C8H8N2O.C8H6N2O.CH4.V.W.Y/c1-2-15-11(14)6-8-3-4-9-10(5-8)13-7-12-9;12-9(13)4-6-1-2-7-8(3-6)11-5-10-7;2*11-4-6-1-2-7-8(3-6)10-5-9-7;;;;/h3-5,7H,2,6H2,1H3,(H,12,13);1-3,5H,4H2,(H,10,11)(H,12,13);1-3,5,11H,4H2,(H,9,10);1-5H,(H,9,10);1H4;;;. The number of hydrogen-bond acceptors (Lipinski definition) is 9. The molecule has 0 fully saturated rings. The van der Waals surface area contributed by atoms with Gasteiger partial charge >= 0.3 is 11.9 Å². The number of ether oxygens (including phenoxy) is 1. The molecule has 4 heterocycles. The fourth-order valence-electron chi connectivity index (χ4n) is 4.85. The van der Waals surface area contributed by atoms with Crippen LogP contribution in [0.1, 0.15) is 41.4 Å². The van der Waals surface area contributed by atoms with Crippen molar-refractivity contribution in [3.8, 4) is 0 Å². The van der Waals surface area contributed by atoms with Crippen LogP contribution in [-0.2, 0) is 106 Å². The predicted molar refractivity (Wildman–Crippen MR) is 194 cm³/mol. The number of hydrogen-bond donors (Lipinski definition) is 6. The number of rotatable bonds is 7. The number of aliphatic hydroxyl groups excluding tert-OH is 1. The van der Waals surface area contributed by atoms with E-state index < -0.39 is 5.97 Å². The number of aliphatic hydroxyl groups is 1. The van der Waals surface area contributed by atoms with Crippen LogP contribution in [-0.4, -0.2) is 74.9 Å². The van der Waals surface area contributed by atoms with E-state index in [9.17, 15) is 14.4 Å². The van der Waals surface area contributed by atoms with Crippen LogP contribution in [0.25, 0.3) is 44.1 Å². The summed E-state index contributed by atoms with van der Waals surface area (Å²) in [6.45, 7) is 2.30. The first-order valence-corrected chi connectivity index (χ1v) is 15.5. The minimum atomic E-state index is -0.820. The van der Waals surface area contributed by atoms with Crippen LogP contribution in [0.5, 0.6) is 0 Å². The van der Waals surface area contributed by atoms with E-state index in [1.807, 2.05) is 48.5 Å². The molecule has 0 bridgehead atoms. The van der Waals surface area contributed by atoms with Crippen LogP contribution >= 0.6 is 0 Å². The molecule has 54 heavy (non-hydrogen) atoms. The van der Waals surface area contributed by atoms with Crippen molar-refractivity contribution in [1.29, 1.82) is 0 Å². The Morgan fingerprint density at radius 1 is 0.667 bits per heavy atom. The summed E-state index contributed by atoms with van der Waals surface area (Å²) in [5.74, 6) is -1.02. The Morgan fingerprint density at radius 3 is 1.46 bits per heavy atom. The quantitative estimate of drug-likeness (QED) is 0.0819. The largest absolute Gasteiger partial charge is 0.481 e. The number of carbonyl (C=O) groups excluding carboxylic acids is 2. The number of carboxylic acids is 1. The summed E-state index contributed by atoms with van der Waals surface area (Å²) >= 11 is 0. The van der Waals surface area contributed by atoms with Crippen molar-refractivity contribution in [2.45, 2.75) is 33.8 Å². The summed E-state index contributed by atoms with van der Waals surface area (Å²) in [6, 6.07) is 22.1. The third-order valence-corrected chi connectivity index (χ3v) is 7.23. The molecule has 14 nitrogen and oxygen atoms in total. The first-order chi connectivity index (χ1) is 24.3. The average Bonchev–Trinajstić information content (AvgIpc) is 3.95. The predicted octanol–water partition coefficient (Wildman–Crippen LogP) is 5.92. The number of carbonyl (C=O) groups is 3. The molecule has 6 N–H and O–H groups in total. The number of aromatic amines is 4. The van der Waals surface area contributed by atoms with Crippen molar-refractivity contribution >= 4 is 62.4 Å². The van der Waals surface area contributed by atoms with Gasteiger partial charge in [-0.1, -0.05) is 25.6 Å². The average molecular weight is 1010 g/mol. The van der Waals surface area contributed by atoms with Crippen LogP contribution in [0.2, 0.25) is 0 Å². The molecular formula is C37H38N8O6VWY. The van der Waals surface area contributed by atoms with Crippen molar-refractivity contribution in [3.05, 3.63) is 120 Å². The molecule has 0 aliphatic heterocycles. The zero-order chi connectivity index (χ0) is 35.3. The topological polar surface area (TPSA) is 216 Å². The van der Waals surface area contributed by atoms with Gasteiger partial charge in [-0.2, -0.15) is 0 Å². The molecule has 0 aliphatic carbocycles. The third-order valence-electron chi connectivity index (χ3n) is 7.23. The maximum absolute atomic E-state index is 11.2. The van der Waals surface area contributed by atoms with Crippen LogP contribution in [0.3, 0.4) is 0 Å². The number of H-pyrrole nitrogens is 4. The Kier molecular flexibility index (Phi) is 21.4. The number of carboxylic acid groups (broad SMARTS) is 1. The van der Waals surface area contributed by atoms with Gasteiger partial charge in [0.15, 0.2) is 0 Å². The SMILES string of the molecule is C.CCOC(=O)Cc1ccc2nc[nH]c2c1.O=C(O)Cc1ccc2nc[nH]c2c1.O=Cc1ccc2nc[nH]c2c1.OCc1ccc2nc[nH]c2c1.[V].[W].[Y]. The van der Waals surface area contributed by atoms with Crippen molar-refractivity contribution in [3.63, 3.8) is 0 Å². The summed E-state index contributed by atoms with van der Waals surface area (Å²) in [7, 11) is 0. The molecule has 0 amide bonds. The molecule has 4 aromatic carbocycles. The smallest absolute Gasteiger partial charge is 0.310 e. The molecule has 8 rings (SSSR count). The Bertz CT molecular complexity index is 2360. The van der Waals surface area contributed by atoms with Crippen LogP contribution < -0.4 is 0 Å². The zero-order valence-corrected chi connectivity index (χ0v) is 35.6. The minimum Gasteiger partial charge on any atom is -0.481 e. The summed E-state index contributed by atoms with van der Waals surface area (Å²) in [5, 5.41) is 17.4. The molecule has 0 spiro atoms. The van der Waals surface area contributed by atoms with E-state index in [0.29, 0.717) is 18.6 Å². The molecule has 4 aromatic heterocycles. The van der Waals surface area contributed by atoms with Gasteiger partial charge < -0.3 is 34.9 Å². The van der Waals surface area contributed by atoms with Gasteiger partial charge in [-0.3, -0.25) is 14.4 Å². The molecular weight excluding hydrogens is 976 g/mol. The van der Waals surface area contributed by atoms with Gasteiger partial charge in [0, 0.05) is 77.9 Å². The Hall–Kier alpha value is -4.29. The number of aromatic nitrogens is 8. The molecule has 0 aliphatic rings. The van der Waals surface area contributed by atoms with E-state index >= 15 is 0 Å². The molecule has 0 saturated heterocycles. The van der Waals surface area contributed by atoms with Crippen LogP contribution in [0, 0.1) is 0 Å². The van der Waals surface area contributed by atoms with Crippen LogP contribution in [0.15, 0.2) is 98.1 Å². The zero-order valence-electron chi connectivity index (χ0n) is 28.4. The second kappa shape index (κ2) is 24.2. The number of imidazole rings is 4. The Labute approximate surface area is 361 Å². The number of benzene rings is 4. The molecule has 2 radical (unpaired) electrons. The number of aldehydes is 1. The number of nitrogens with zero attached hydrogens (tertiary/aromatic N) is 4. The molecule has 0 saturated carbocycles. The first-order valence-electron chi connectivity index (χ1n) is 15.5. The third kappa shape index (κ3) is 13.8. The fraction of sp³-hybridized carbons (Fsp3) is 0.162. The maximum Gasteiger partial charge on any atom is 0.310 e. The summed E-state index contributed by atoms with van der Waals surface area (Å²) < 4.78 is 4.87. The normalized spacial score (nSPS) is 9.67. The summed E-state index contributed by atoms with van der Waals surface area (Å²) in [6.07, 6.45) is 7.66. The number of nitrogens with one attached hydrogen (secondary N) is 4. The number of fused-ring (bicyclic) bond motifs is 4. The van der Waals surface area contributed by atoms with Crippen LogP contribution in [0.4, 0.5) is 0 Å². The van der Waals surface area contributed by atoms with Crippen molar-refractivity contribution in [2.75, 3.05) is 6.61 Å². The Balaban J connectivity index is 0.000000354. The van der Waals surface area contributed by atoms with Gasteiger partial charge in [-0.05, 0) is 78.2 Å². The second-order valence-electron chi connectivity index (χ2n) is 10.8. The van der Waals surface area contributed by atoms with Gasteiger partial charge in [0.2, 0.25) is 0 Å². The molecule has 8 aromatic rings. The van der Waals surface area contributed by atoms with Gasteiger partial charge in [0.25, 0.3) is 0 Å². The van der Waals surface area contributed by atoms with E-state index in [4.69, 9.17) is 14.9 Å². The van der Waals surface area contributed by atoms with Crippen molar-refractivity contribution in [2.24, 2.45) is 0 Å². The van der Waals surface area contributed by atoms with E-state index in [0.717, 1.165) is 67.1 Å². The second-order valence-corrected chi connectivity index (χ2v) is 10.8. The summed E-state index contributed by atoms with van der Waals surface area (Å²) in [4.78, 5) is 60.0. The molecule has 0 unspecified atom stereocenters. The van der Waals surface area contributed by atoms with Gasteiger partial charge in [-0.25, -0.2) is 19.9 Å². The van der Waals surface area contributed by atoms with Gasteiger partial charge in [0.1, 0.15) is 6.29 Å². The van der Waals surface area contributed by atoms with Crippen molar-refractivity contribution in [1.82, 2.24) is 39.9 Å². The molecule has 276 valence electrons. The number of aliphatic carboxylic acids is 1. The van der Waals surface area contributed by atoms with Gasteiger partial charge in [0.05, 0.1) is 95.5 Å². The molecule has 17 heteroatoms. The maximum atomic E-state index is 11.2. The van der Waals surface area contributed by atoms with E-state index in [2.05, 4.69) is 39.9 Å². The van der Waals surface area contributed by atoms with Gasteiger partial charge in [-0.15, -0.1) is 0 Å². The summed E-state index contributed by atoms with van der Waals surface area (Å²) in [5.41, 5.74) is 10.6. The fourth-order valence-corrected chi connectivity index (χ4v) is 4.85. The van der Waals surface area contributed by atoms with E-state index in [-0.39, 0.29) is 98.8 Å². The van der Waals surface area contributed by atoms with Crippen molar-refractivity contribution < 1.29 is 102 Å². The Morgan fingerprint density at radius 2 is 1.06 bits per heavy atom. The minimum absolute atomic E-state index is 0. The number of esters is 1.